The summed E-state index contributed by atoms with van der Waals surface area (Å²) >= 11 is 0. The second kappa shape index (κ2) is 10.4. The Kier molecular flexibility index (Phi) is 7.40. The number of carbonyl (C=O) groups is 2. The van der Waals surface area contributed by atoms with Gasteiger partial charge in [0.1, 0.15) is 5.82 Å². The fraction of sp³-hybridized carbons (Fsp3) is 0.462. The van der Waals surface area contributed by atoms with Crippen molar-refractivity contribution in [2.75, 3.05) is 44.6 Å². The highest BCUT2D eigenvalue weighted by molar-refractivity contribution is 5.93. The molecule has 1 saturated carbocycles. The Bertz CT molecular complexity index is 979. The Labute approximate surface area is 195 Å². The lowest BCUT2D eigenvalue weighted by Crippen LogP contribution is -2.52. The van der Waals surface area contributed by atoms with Crippen molar-refractivity contribution in [1.29, 1.82) is 0 Å². The molecule has 2 fully saturated rings. The second-order valence-electron chi connectivity index (χ2n) is 9.20. The number of para-hydroxylation sites is 1. The number of carbonyl (C=O) groups excluding carboxylic acids is 2. The summed E-state index contributed by atoms with van der Waals surface area (Å²) in [5.41, 5.74) is 3.62. The molecule has 0 spiro atoms. The first-order valence-electron chi connectivity index (χ1n) is 11.7. The lowest BCUT2D eigenvalue weighted by molar-refractivity contribution is -0.134. The first-order valence-corrected chi connectivity index (χ1v) is 11.7. The van der Waals surface area contributed by atoms with Crippen LogP contribution in [0.15, 0.2) is 42.5 Å². The number of rotatable bonds is 8. The molecule has 33 heavy (non-hydrogen) atoms. The molecule has 2 aromatic carbocycles. The highest BCUT2D eigenvalue weighted by Gasteiger charge is 2.32. The molecule has 0 radical (unpaired) electrons. The van der Waals surface area contributed by atoms with E-state index in [2.05, 4.69) is 15.1 Å². The largest absolute Gasteiger partial charge is 0.339 e. The SMILES string of the molecule is Cc1cccc(C)c1NC(=O)CN1CCN(C(=O)CN(Cc2ccccc2F)C2CC2)CC1. The number of halogens is 1. The first-order chi connectivity index (χ1) is 15.9. The molecule has 1 heterocycles. The molecular weight excluding hydrogens is 419 g/mol. The molecule has 2 amide bonds. The van der Waals surface area contributed by atoms with Crippen LogP contribution in [0, 0.1) is 19.7 Å². The van der Waals surface area contributed by atoms with Crippen molar-refractivity contribution in [3.8, 4) is 0 Å². The predicted octanol–water partition coefficient (Wildman–Crippen LogP) is 3.19. The summed E-state index contributed by atoms with van der Waals surface area (Å²) in [6, 6.07) is 13.1. The van der Waals surface area contributed by atoms with Crippen molar-refractivity contribution in [2.24, 2.45) is 0 Å². The van der Waals surface area contributed by atoms with Gasteiger partial charge in [0, 0.05) is 50.0 Å². The number of hydrogen-bond acceptors (Lipinski definition) is 4. The Morgan fingerprint density at radius 2 is 1.67 bits per heavy atom. The third-order valence-electron chi connectivity index (χ3n) is 6.57. The summed E-state index contributed by atoms with van der Waals surface area (Å²) in [6.07, 6.45) is 2.12. The third kappa shape index (κ3) is 6.18. The maximum atomic E-state index is 14.1. The molecule has 2 aliphatic rings. The maximum absolute atomic E-state index is 14.1. The fourth-order valence-corrected chi connectivity index (χ4v) is 4.42. The number of anilines is 1. The summed E-state index contributed by atoms with van der Waals surface area (Å²) in [5.74, 6) is -0.168. The van der Waals surface area contributed by atoms with Gasteiger partial charge in [0.25, 0.3) is 0 Å². The third-order valence-corrected chi connectivity index (χ3v) is 6.57. The maximum Gasteiger partial charge on any atom is 0.238 e. The summed E-state index contributed by atoms with van der Waals surface area (Å²) in [7, 11) is 0. The van der Waals surface area contributed by atoms with Crippen LogP contribution in [0.4, 0.5) is 10.1 Å². The van der Waals surface area contributed by atoms with Gasteiger partial charge in [-0.05, 0) is 43.9 Å². The summed E-state index contributed by atoms with van der Waals surface area (Å²) in [6.45, 7) is 7.62. The Morgan fingerprint density at radius 1 is 1.00 bits per heavy atom. The van der Waals surface area contributed by atoms with Crippen LogP contribution in [0.25, 0.3) is 0 Å². The molecular formula is C26H33FN4O2. The topological polar surface area (TPSA) is 55.9 Å². The molecule has 1 aliphatic heterocycles. The highest BCUT2D eigenvalue weighted by Crippen LogP contribution is 2.29. The van der Waals surface area contributed by atoms with Crippen LogP contribution in [0.1, 0.15) is 29.5 Å². The van der Waals surface area contributed by atoms with Crippen LogP contribution >= 0.6 is 0 Å². The van der Waals surface area contributed by atoms with Gasteiger partial charge in [0.2, 0.25) is 11.8 Å². The molecule has 0 bridgehead atoms. The molecule has 1 aliphatic carbocycles. The zero-order valence-corrected chi connectivity index (χ0v) is 19.5. The second-order valence-corrected chi connectivity index (χ2v) is 9.20. The quantitative estimate of drug-likeness (QED) is 0.669. The zero-order chi connectivity index (χ0) is 23.4. The van der Waals surface area contributed by atoms with E-state index in [0.717, 1.165) is 29.7 Å². The minimum atomic E-state index is -0.219. The normalized spacial score (nSPS) is 16.8. The number of hydrogen-bond donors (Lipinski definition) is 1. The molecule has 0 atom stereocenters. The number of piperazine rings is 1. The van der Waals surface area contributed by atoms with Gasteiger partial charge >= 0.3 is 0 Å². The summed E-state index contributed by atoms with van der Waals surface area (Å²) < 4.78 is 14.1. The van der Waals surface area contributed by atoms with E-state index < -0.39 is 0 Å². The van der Waals surface area contributed by atoms with Gasteiger partial charge in [-0.1, -0.05) is 36.4 Å². The Morgan fingerprint density at radius 3 is 2.30 bits per heavy atom. The summed E-state index contributed by atoms with van der Waals surface area (Å²) in [5, 5.41) is 3.03. The van der Waals surface area contributed by atoms with Gasteiger partial charge in [-0.25, -0.2) is 4.39 Å². The molecule has 176 valence electrons. The fourth-order valence-electron chi connectivity index (χ4n) is 4.42. The first kappa shape index (κ1) is 23.4. The van der Waals surface area contributed by atoms with Gasteiger partial charge in [-0.3, -0.25) is 19.4 Å². The summed E-state index contributed by atoms with van der Waals surface area (Å²) in [4.78, 5) is 31.6. The monoisotopic (exact) mass is 452 g/mol. The van der Waals surface area contributed by atoms with E-state index in [1.54, 1.807) is 12.1 Å². The van der Waals surface area contributed by atoms with Gasteiger partial charge < -0.3 is 10.2 Å². The Balaban J connectivity index is 1.25. The van der Waals surface area contributed by atoms with E-state index in [0.29, 0.717) is 57.4 Å². The van der Waals surface area contributed by atoms with Crippen molar-refractivity contribution >= 4 is 17.5 Å². The number of nitrogens with one attached hydrogen (secondary N) is 1. The minimum Gasteiger partial charge on any atom is -0.339 e. The molecule has 7 heteroatoms. The van der Waals surface area contributed by atoms with Gasteiger partial charge in [0.15, 0.2) is 0 Å². The van der Waals surface area contributed by atoms with Gasteiger partial charge in [-0.15, -0.1) is 0 Å². The molecule has 4 rings (SSSR count). The van der Waals surface area contributed by atoms with Crippen LogP contribution in [0.3, 0.4) is 0 Å². The van der Waals surface area contributed by atoms with Crippen molar-refractivity contribution in [3.63, 3.8) is 0 Å². The molecule has 0 aromatic heterocycles. The van der Waals surface area contributed by atoms with Crippen molar-refractivity contribution < 1.29 is 14.0 Å². The lowest BCUT2D eigenvalue weighted by Gasteiger charge is -2.35. The molecule has 1 saturated heterocycles. The van der Waals surface area contributed by atoms with E-state index >= 15 is 0 Å². The highest BCUT2D eigenvalue weighted by atomic mass is 19.1. The average molecular weight is 453 g/mol. The number of amides is 2. The van der Waals surface area contributed by atoms with Crippen LogP contribution in [-0.4, -0.2) is 71.8 Å². The van der Waals surface area contributed by atoms with Gasteiger partial charge in [-0.2, -0.15) is 0 Å². The number of benzene rings is 2. The van der Waals surface area contributed by atoms with Crippen LogP contribution in [0.5, 0.6) is 0 Å². The minimum absolute atomic E-state index is 0.0306. The zero-order valence-electron chi connectivity index (χ0n) is 19.5. The molecule has 0 unspecified atom stereocenters. The lowest BCUT2D eigenvalue weighted by atomic mass is 10.1. The number of aryl methyl sites for hydroxylation is 2. The standard InChI is InChI=1S/C26H33FN4O2/c1-19-6-5-7-20(2)26(19)28-24(32)17-29-12-14-30(15-13-29)25(33)18-31(22-10-11-22)16-21-8-3-4-9-23(21)27/h3-9,22H,10-18H2,1-2H3,(H,28,32). The van der Waals surface area contributed by atoms with E-state index in [9.17, 15) is 14.0 Å². The number of nitrogens with zero attached hydrogens (tertiary/aromatic N) is 3. The van der Waals surface area contributed by atoms with E-state index in [-0.39, 0.29) is 17.6 Å². The van der Waals surface area contributed by atoms with Crippen molar-refractivity contribution in [3.05, 3.63) is 65.0 Å². The Hall–Kier alpha value is -2.77. The average Bonchev–Trinajstić information content (AvgIpc) is 3.63. The molecule has 1 N–H and O–H groups in total. The molecule has 6 nitrogen and oxygen atoms in total. The van der Waals surface area contributed by atoms with Crippen molar-refractivity contribution in [1.82, 2.24) is 14.7 Å². The van der Waals surface area contributed by atoms with E-state index in [1.807, 2.05) is 43.0 Å². The smallest absolute Gasteiger partial charge is 0.238 e. The van der Waals surface area contributed by atoms with E-state index in [1.165, 1.54) is 6.07 Å². The van der Waals surface area contributed by atoms with Crippen LogP contribution < -0.4 is 5.32 Å². The predicted molar refractivity (Wildman–Crippen MR) is 127 cm³/mol. The van der Waals surface area contributed by atoms with Crippen LogP contribution in [0.2, 0.25) is 0 Å². The van der Waals surface area contributed by atoms with Crippen molar-refractivity contribution in [2.45, 2.75) is 39.3 Å². The van der Waals surface area contributed by atoms with Crippen LogP contribution in [-0.2, 0) is 16.1 Å². The molecule has 2 aromatic rings. The van der Waals surface area contributed by atoms with Gasteiger partial charge in [0.05, 0.1) is 13.1 Å². The van der Waals surface area contributed by atoms with E-state index in [4.69, 9.17) is 0 Å².